The zero-order chi connectivity index (χ0) is 14.8. The van der Waals surface area contributed by atoms with Crippen molar-refractivity contribution in [2.75, 3.05) is 17.7 Å². The Hall–Kier alpha value is -1.99. The maximum Gasteiger partial charge on any atom is 0.147 e. The number of thiazole rings is 1. The Morgan fingerprint density at radius 3 is 2.71 bits per heavy atom. The summed E-state index contributed by atoms with van der Waals surface area (Å²) in [7, 11) is 2.03. The summed E-state index contributed by atoms with van der Waals surface area (Å²) in [5.74, 6) is 0.558. The molecule has 0 aliphatic rings. The summed E-state index contributed by atoms with van der Waals surface area (Å²) in [6.07, 6.45) is 3.53. The van der Waals surface area contributed by atoms with Gasteiger partial charge < -0.3 is 10.6 Å². The number of rotatable bonds is 4. The van der Waals surface area contributed by atoms with Crippen LogP contribution in [0.15, 0.2) is 29.9 Å². The standard InChI is InChI=1S/C14H15N5S2/c1-9-17-11(8-20-9)7-19(2)14-12(13(15)18-21-14)10-3-5-16-6-4-10/h3-6,8H,7H2,1-2H3,(H2,15,18). The van der Waals surface area contributed by atoms with Gasteiger partial charge in [0.05, 0.1) is 22.8 Å². The molecule has 21 heavy (non-hydrogen) atoms. The van der Waals surface area contributed by atoms with E-state index in [-0.39, 0.29) is 0 Å². The normalized spacial score (nSPS) is 10.8. The van der Waals surface area contributed by atoms with Crippen molar-refractivity contribution in [3.63, 3.8) is 0 Å². The highest BCUT2D eigenvalue weighted by atomic mass is 32.1. The van der Waals surface area contributed by atoms with E-state index in [0.29, 0.717) is 5.82 Å². The van der Waals surface area contributed by atoms with Crippen molar-refractivity contribution >= 4 is 33.7 Å². The molecule has 0 fully saturated rings. The first-order chi connectivity index (χ1) is 10.1. The van der Waals surface area contributed by atoms with E-state index in [0.717, 1.165) is 33.4 Å². The predicted octanol–water partition coefficient (Wildman–Crippen LogP) is 3.19. The van der Waals surface area contributed by atoms with Gasteiger partial charge in [-0.05, 0) is 36.2 Å². The third-order valence-corrected chi connectivity index (χ3v) is 4.88. The molecule has 3 rings (SSSR count). The van der Waals surface area contributed by atoms with Gasteiger partial charge in [0.15, 0.2) is 0 Å². The fourth-order valence-corrected chi connectivity index (χ4v) is 3.54. The minimum Gasteiger partial charge on any atom is -0.382 e. The Morgan fingerprint density at radius 2 is 2.05 bits per heavy atom. The lowest BCUT2D eigenvalue weighted by atomic mass is 10.1. The molecule has 0 amide bonds. The molecule has 0 aromatic carbocycles. The Balaban J connectivity index is 1.92. The van der Waals surface area contributed by atoms with Crippen molar-refractivity contribution in [1.29, 1.82) is 0 Å². The number of pyridine rings is 1. The zero-order valence-corrected chi connectivity index (χ0v) is 13.4. The molecule has 5 nitrogen and oxygen atoms in total. The summed E-state index contributed by atoms with van der Waals surface area (Å²) in [5.41, 5.74) is 9.11. The van der Waals surface area contributed by atoms with Crippen LogP contribution in [0.5, 0.6) is 0 Å². The Bertz CT molecular complexity index is 735. The second-order valence-electron chi connectivity index (χ2n) is 4.70. The summed E-state index contributed by atoms with van der Waals surface area (Å²) in [6, 6.07) is 3.90. The van der Waals surface area contributed by atoms with E-state index in [4.69, 9.17) is 5.73 Å². The molecule has 108 valence electrons. The van der Waals surface area contributed by atoms with Gasteiger partial charge in [-0.2, -0.15) is 4.37 Å². The number of aromatic nitrogens is 3. The molecular weight excluding hydrogens is 302 g/mol. The summed E-state index contributed by atoms with van der Waals surface area (Å²) >= 11 is 3.08. The van der Waals surface area contributed by atoms with Crippen molar-refractivity contribution < 1.29 is 0 Å². The van der Waals surface area contributed by atoms with E-state index in [1.54, 1.807) is 23.7 Å². The number of nitrogens with two attached hydrogens (primary N) is 1. The van der Waals surface area contributed by atoms with Crippen LogP contribution in [0.25, 0.3) is 11.1 Å². The molecule has 3 aromatic rings. The third kappa shape index (κ3) is 2.88. The fourth-order valence-electron chi connectivity index (χ4n) is 2.14. The molecule has 7 heteroatoms. The Labute approximate surface area is 131 Å². The number of hydrogen-bond acceptors (Lipinski definition) is 7. The van der Waals surface area contributed by atoms with E-state index in [1.807, 2.05) is 26.1 Å². The molecule has 0 atom stereocenters. The third-order valence-electron chi connectivity index (χ3n) is 3.08. The smallest absolute Gasteiger partial charge is 0.147 e. The second-order valence-corrected chi connectivity index (χ2v) is 6.51. The summed E-state index contributed by atoms with van der Waals surface area (Å²) in [5, 5.41) is 4.21. The van der Waals surface area contributed by atoms with Crippen LogP contribution in [0.1, 0.15) is 10.7 Å². The lowest BCUT2D eigenvalue weighted by Gasteiger charge is -2.17. The number of anilines is 2. The molecule has 0 unspecified atom stereocenters. The van der Waals surface area contributed by atoms with E-state index >= 15 is 0 Å². The number of nitrogen functional groups attached to an aromatic ring is 1. The maximum atomic E-state index is 6.05. The number of nitrogens with zero attached hydrogens (tertiary/aromatic N) is 4. The molecule has 0 aliphatic carbocycles. The topological polar surface area (TPSA) is 67.9 Å². The largest absolute Gasteiger partial charge is 0.382 e. The highest BCUT2D eigenvalue weighted by molar-refractivity contribution is 7.11. The SMILES string of the molecule is Cc1nc(CN(C)c2snc(N)c2-c2ccncc2)cs1. The van der Waals surface area contributed by atoms with Gasteiger partial charge in [-0.15, -0.1) is 11.3 Å². The molecule has 0 radical (unpaired) electrons. The Kier molecular flexibility index (Phi) is 3.85. The molecular formula is C14H15N5S2. The van der Waals surface area contributed by atoms with Crippen molar-refractivity contribution in [3.8, 4) is 11.1 Å². The average molecular weight is 317 g/mol. The average Bonchev–Trinajstić information content (AvgIpc) is 3.06. The van der Waals surface area contributed by atoms with Gasteiger partial charge in [-0.1, -0.05) is 0 Å². The second kappa shape index (κ2) is 5.79. The maximum absolute atomic E-state index is 6.05. The van der Waals surface area contributed by atoms with Crippen molar-refractivity contribution in [2.45, 2.75) is 13.5 Å². The van der Waals surface area contributed by atoms with Gasteiger partial charge in [0.1, 0.15) is 10.8 Å². The predicted molar refractivity (Wildman–Crippen MR) is 88.7 cm³/mol. The van der Waals surface area contributed by atoms with Crippen LogP contribution < -0.4 is 10.6 Å². The van der Waals surface area contributed by atoms with E-state index in [9.17, 15) is 0 Å². The van der Waals surface area contributed by atoms with Crippen molar-refractivity contribution in [2.24, 2.45) is 0 Å². The highest BCUT2D eigenvalue weighted by Gasteiger charge is 2.17. The van der Waals surface area contributed by atoms with Gasteiger partial charge in [-0.25, -0.2) is 4.98 Å². The van der Waals surface area contributed by atoms with Crippen LogP contribution in [0.4, 0.5) is 10.8 Å². The summed E-state index contributed by atoms with van der Waals surface area (Å²) in [4.78, 5) is 10.7. The lowest BCUT2D eigenvalue weighted by molar-refractivity contribution is 0.900. The fraction of sp³-hybridized carbons (Fsp3) is 0.214. The van der Waals surface area contributed by atoms with Crippen LogP contribution in [0.3, 0.4) is 0 Å². The quantitative estimate of drug-likeness (QED) is 0.800. The van der Waals surface area contributed by atoms with E-state index < -0.39 is 0 Å². The van der Waals surface area contributed by atoms with Crippen molar-refractivity contribution in [1.82, 2.24) is 14.3 Å². The zero-order valence-electron chi connectivity index (χ0n) is 11.8. The molecule has 0 aliphatic heterocycles. The van der Waals surface area contributed by atoms with Crippen LogP contribution in [0, 0.1) is 6.92 Å². The summed E-state index contributed by atoms with van der Waals surface area (Å²) < 4.78 is 4.30. The summed E-state index contributed by atoms with van der Waals surface area (Å²) in [6.45, 7) is 2.76. The first-order valence-electron chi connectivity index (χ1n) is 6.43. The highest BCUT2D eigenvalue weighted by Crippen LogP contribution is 2.38. The molecule has 0 spiro atoms. The first kappa shape index (κ1) is 14.0. The van der Waals surface area contributed by atoms with Crippen LogP contribution in [-0.4, -0.2) is 21.4 Å². The van der Waals surface area contributed by atoms with Crippen LogP contribution in [-0.2, 0) is 6.54 Å². The Morgan fingerprint density at radius 1 is 1.29 bits per heavy atom. The molecule has 0 saturated carbocycles. The molecule has 0 bridgehead atoms. The van der Waals surface area contributed by atoms with Gasteiger partial charge in [-0.3, -0.25) is 4.98 Å². The van der Waals surface area contributed by atoms with Gasteiger partial charge in [0.25, 0.3) is 0 Å². The van der Waals surface area contributed by atoms with E-state index in [1.165, 1.54) is 11.5 Å². The van der Waals surface area contributed by atoms with Crippen molar-refractivity contribution in [3.05, 3.63) is 40.6 Å². The molecule has 3 aromatic heterocycles. The minimum absolute atomic E-state index is 0.558. The minimum atomic E-state index is 0.558. The number of hydrogen-bond donors (Lipinski definition) is 1. The molecule has 0 saturated heterocycles. The van der Waals surface area contributed by atoms with Gasteiger partial charge >= 0.3 is 0 Å². The van der Waals surface area contributed by atoms with Crippen LogP contribution in [0.2, 0.25) is 0 Å². The molecule has 3 heterocycles. The molecule has 2 N–H and O–H groups in total. The van der Waals surface area contributed by atoms with Crippen LogP contribution >= 0.6 is 22.9 Å². The first-order valence-corrected chi connectivity index (χ1v) is 8.08. The van der Waals surface area contributed by atoms with E-state index in [2.05, 4.69) is 24.6 Å². The number of aryl methyl sites for hydroxylation is 1. The van der Waals surface area contributed by atoms with Gasteiger partial charge in [0, 0.05) is 24.8 Å². The van der Waals surface area contributed by atoms with Gasteiger partial charge in [0.2, 0.25) is 0 Å². The monoisotopic (exact) mass is 317 g/mol. The lowest BCUT2D eigenvalue weighted by Crippen LogP contribution is -2.16.